The predicted octanol–water partition coefficient (Wildman–Crippen LogP) is 4.28. The van der Waals surface area contributed by atoms with Crippen LogP contribution in [-0.4, -0.2) is 45.5 Å². The van der Waals surface area contributed by atoms with Gasteiger partial charge in [0.25, 0.3) is 5.91 Å². The first kappa shape index (κ1) is 23.2. The number of anilines is 1. The van der Waals surface area contributed by atoms with Crippen LogP contribution in [0.4, 0.5) is 11.4 Å². The highest BCUT2D eigenvalue weighted by molar-refractivity contribution is 6.18. The van der Waals surface area contributed by atoms with Gasteiger partial charge in [-0.25, -0.2) is 14.6 Å². The summed E-state index contributed by atoms with van der Waals surface area (Å²) in [5.74, 6) is -0.907. The smallest absolute Gasteiger partial charge is 0.337 e. The van der Waals surface area contributed by atoms with Crippen LogP contribution >= 0.6 is 0 Å². The average Bonchev–Trinajstić information content (AvgIpc) is 2.88. The van der Waals surface area contributed by atoms with Gasteiger partial charge in [-0.2, -0.15) is 0 Å². The van der Waals surface area contributed by atoms with Gasteiger partial charge in [0, 0.05) is 0 Å². The summed E-state index contributed by atoms with van der Waals surface area (Å²) in [4.78, 5) is 42.5. The van der Waals surface area contributed by atoms with Crippen LogP contribution in [0.2, 0.25) is 0 Å². The number of hydrogen-bond donors (Lipinski definition) is 0. The fourth-order valence-electron chi connectivity index (χ4n) is 2.99. The van der Waals surface area contributed by atoms with Gasteiger partial charge in [0.1, 0.15) is 12.1 Å². The van der Waals surface area contributed by atoms with Crippen molar-refractivity contribution in [3.8, 4) is 5.75 Å². The average molecular weight is 446 g/mol. The second kappa shape index (κ2) is 10.7. The number of carbonyl (C=O) groups excluding carboxylic acids is 3. The van der Waals surface area contributed by atoms with Crippen LogP contribution in [0.25, 0.3) is 0 Å². The van der Waals surface area contributed by atoms with E-state index in [-0.39, 0.29) is 5.91 Å². The predicted molar refractivity (Wildman–Crippen MR) is 124 cm³/mol. The molecule has 3 aromatic rings. The minimum absolute atomic E-state index is 0.338. The number of carbonyl (C=O) groups is 3. The Morgan fingerprint density at radius 1 is 0.758 bits per heavy atom. The van der Waals surface area contributed by atoms with Gasteiger partial charge in [-0.05, 0) is 60.7 Å². The first-order chi connectivity index (χ1) is 16.0. The zero-order valence-corrected chi connectivity index (χ0v) is 18.3. The second-order valence-electron chi connectivity index (χ2n) is 6.70. The van der Waals surface area contributed by atoms with Crippen LogP contribution in [-0.2, 0) is 9.47 Å². The minimum Gasteiger partial charge on any atom is -0.496 e. The molecule has 0 saturated carbocycles. The van der Waals surface area contributed by atoms with Gasteiger partial charge in [0.15, 0.2) is 0 Å². The second-order valence-corrected chi connectivity index (χ2v) is 6.70. The van der Waals surface area contributed by atoms with Crippen molar-refractivity contribution in [1.82, 2.24) is 0 Å². The van der Waals surface area contributed by atoms with Gasteiger partial charge in [-0.3, -0.25) is 9.69 Å². The molecule has 3 aromatic carbocycles. The number of esters is 2. The number of para-hydroxylation sites is 1. The van der Waals surface area contributed by atoms with Gasteiger partial charge >= 0.3 is 11.9 Å². The van der Waals surface area contributed by atoms with E-state index in [1.807, 2.05) is 0 Å². The zero-order chi connectivity index (χ0) is 23.8. The lowest BCUT2D eigenvalue weighted by Crippen LogP contribution is -2.29. The largest absolute Gasteiger partial charge is 0.496 e. The minimum atomic E-state index is -0.483. The molecule has 8 heteroatoms. The molecule has 8 nitrogen and oxygen atoms in total. The number of benzene rings is 3. The maximum Gasteiger partial charge on any atom is 0.337 e. The lowest BCUT2D eigenvalue weighted by Gasteiger charge is -2.19. The molecule has 168 valence electrons. The molecule has 0 aliphatic rings. The molecule has 0 heterocycles. The molecule has 0 radical (unpaired) electrons. The van der Waals surface area contributed by atoms with Gasteiger partial charge in [0.05, 0.1) is 49.4 Å². The third-order valence-electron chi connectivity index (χ3n) is 4.73. The fourth-order valence-corrected chi connectivity index (χ4v) is 2.99. The van der Waals surface area contributed by atoms with Gasteiger partial charge < -0.3 is 14.2 Å². The highest BCUT2D eigenvalue weighted by atomic mass is 16.5. The Balaban J connectivity index is 1.98. The van der Waals surface area contributed by atoms with Gasteiger partial charge in [-0.1, -0.05) is 12.1 Å². The summed E-state index contributed by atoms with van der Waals surface area (Å²) in [6.45, 7) is 0. The van der Waals surface area contributed by atoms with Crippen molar-refractivity contribution in [2.45, 2.75) is 0 Å². The van der Waals surface area contributed by atoms with Crippen LogP contribution < -0.4 is 9.64 Å². The van der Waals surface area contributed by atoms with E-state index in [9.17, 15) is 14.4 Å². The summed E-state index contributed by atoms with van der Waals surface area (Å²) >= 11 is 0. The Morgan fingerprint density at radius 3 is 1.85 bits per heavy atom. The van der Waals surface area contributed by atoms with E-state index in [0.29, 0.717) is 33.8 Å². The third kappa shape index (κ3) is 5.43. The molecule has 0 bridgehead atoms. The number of aliphatic imine (C=N–C) groups is 1. The van der Waals surface area contributed by atoms with E-state index in [1.54, 1.807) is 72.8 Å². The van der Waals surface area contributed by atoms with Gasteiger partial charge in [-0.15, -0.1) is 0 Å². The highest BCUT2D eigenvalue weighted by Crippen LogP contribution is 2.24. The number of ether oxygens (including phenoxy) is 3. The van der Waals surface area contributed by atoms with Crippen molar-refractivity contribution in [3.63, 3.8) is 0 Å². The molecule has 0 aliphatic heterocycles. The van der Waals surface area contributed by atoms with E-state index in [1.165, 1.54) is 32.6 Å². The van der Waals surface area contributed by atoms with Crippen molar-refractivity contribution in [3.05, 3.63) is 89.5 Å². The number of nitrogens with zero attached hydrogens (tertiary/aromatic N) is 2. The number of amides is 1. The molecule has 33 heavy (non-hydrogen) atoms. The molecular weight excluding hydrogens is 424 g/mol. The van der Waals surface area contributed by atoms with Crippen molar-refractivity contribution in [1.29, 1.82) is 0 Å². The quantitative estimate of drug-likeness (QED) is 0.306. The van der Waals surface area contributed by atoms with Crippen molar-refractivity contribution in [2.24, 2.45) is 4.99 Å². The molecule has 0 spiro atoms. The van der Waals surface area contributed by atoms with Crippen LogP contribution in [0.1, 0.15) is 31.1 Å². The Hall–Kier alpha value is -4.46. The van der Waals surface area contributed by atoms with Crippen molar-refractivity contribution in [2.75, 3.05) is 26.2 Å². The van der Waals surface area contributed by atoms with Crippen molar-refractivity contribution < 1.29 is 28.6 Å². The normalized spacial score (nSPS) is 10.5. The molecule has 0 N–H and O–H groups in total. The Bertz CT molecular complexity index is 1170. The molecule has 1 amide bonds. The summed E-state index contributed by atoms with van der Waals surface area (Å²) < 4.78 is 14.8. The zero-order valence-electron chi connectivity index (χ0n) is 18.3. The third-order valence-corrected chi connectivity index (χ3v) is 4.73. The summed E-state index contributed by atoms with van der Waals surface area (Å²) in [5, 5.41) is 0. The summed E-state index contributed by atoms with van der Waals surface area (Å²) in [7, 11) is 4.09. The van der Waals surface area contributed by atoms with Crippen LogP contribution in [0.15, 0.2) is 77.8 Å². The van der Waals surface area contributed by atoms with E-state index >= 15 is 0 Å². The fraction of sp³-hybridized carbons (Fsp3) is 0.120. The Labute approximate surface area is 191 Å². The SMILES string of the molecule is COC(=O)c1ccc(N=CN(C(=O)c2ccccc2OC)c2ccc(C(=O)OC)cc2)cc1. The first-order valence-corrected chi connectivity index (χ1v) is 9.86. The Kier molecular flexibility index (Phi) is 7.54. The molecule has 0 atom stereocenters. The molecule has 0 aliphatic carbocycles. The molecule has 0 fully saturated rings. The van der Waals surface area contributed by atoms with E-state index in [4.69, 9.17) is 14.2 Å². The number of methoxy groups -OCH3 is 3. The standard InChI is InChI=1S/C25H22N2O6/c1-31-22-7-5-4-6-21(22)23(28)27(20-14-10-18(11-15-20)25(30)33-3)16-26-19-12-8-17(9-13-19)24(29)32-2/h4-16H,1-3H3. The van der Waals surface area contributed by atoms with E-state index < -0.39 is 11.9 Å². The van der Waals surface area contributed by atoms with Crippen molar-refractivity contribution >= 4 is 35.6 Å². The van der Waals surface area contributed by atoms with Crippen LogP contribution in [0.3, 0.4) is 0 Å². The van der Waals surface area contributed by atoms with E-state index in [2.05, 4.69) is 4.99 Å². The highest BCUT2D eigenvalue weighted by Gasteiger charge is 2.20. The number of rotatable bonds is 7. The molecule has 0 saturated heterocycles. The lowest BCUT2D eigenvalue weighted by molar-refractivity contribution is 0.0592. The monoisotopic (exact) mass is 446 g/mol. The topological polar surface area (TPSA) is 94.5 Å². The molecule has 0 aromatic heterocycles. The first-order valence-electron chi connectivity index (χ1n) is 9.86. The maximum atomic E-state index is 13.4. The van der Waals surface area contributed by atoms with Crippen LogP contribution in [0.5, 0.6) is 5.75 Å². The molecule has 3 rings (SSSR count). The summed E-state index contributed by atoms with van der Waals surface area (Å²) in [5.41, 5.74) is 2.07. The van der Waals surface area contributed by atoms with Gasteiger partial charge in [0.2, 0.25) is 0 Å². The number of hydrogen-bond acceptors (Lipinski definition) is 7. The molecule has 0 unspecified atom stereocenters. The van der Waals surface area contributed by atoms with E-state index in [0.717, 1.165) is 0 Å². The Morgan fingerprint density at radius 2 is 1.30 bits per heavy atom. The maximum absolute atomic E-state index is 13.4. The van der Waals surface area contributed by atoms with Crippen LogP contribution in [0, 0.1) is 0 Å². The summed E-state index contributed by atoms with van der Waals surface area (Å²) in [6.07, 6.45) is 1.37. The summed E-state index contributed by atoms with van der Waals surface area (Å²) in [6, 6.07) is 19.6. The molecular formula is C25H22N2O6. The lowest BCUT2D eigenvalue weighted by atomic mass is 10.1.